The molecule has 1 aromatic carbocycles. The molecular weight excluding hydrogens is 256 g/mol. The van der Waals surface area contributed by atoms with Gasteiger partial charge in [-0.05, 0) is 12.0 Å². The first-order valence-corrected chi connectivity index (χ1v) is 7.22. The number of carbonyl (C=O) groups is 1. The fourth-order valence-electron chi connectivity index (χ4n) is 1.39. The van der Waals surface area contributed by atoms with Crippen LogP contribution >= 0.6 is 0 Å². The molecule has 0 aliphatic carbocycles. The summed E-state index contributed by atoms with van der Waals surface area (Å²) in [6.07, 6.45) is 1.31. The van der Waals surface area contributed by atoms with Gasteiger partial charge in [0.05, 0.1) is 12.9 Å². The summed E-state index contributed by atoms with van der Waals surface area (Å²) in [5.41, 5.74) is 0.872. The molecule has 0 saturated carbocycles. The lowest BCUT2D eigenvalue weighted by molar-refractivity contribution is -0.139. The average molecular weight is 272 g/mol. The topological polar surface area (TPSA) is 95.5 Å². The lowest BCUT2D eigenvalue weighted by atomic mass is 10.1. The lowest BCUT2D eigenvalue weighted by Gasteiger charge is -2.14. The zero-order chi connectivity index (χ0) is 13.6. The van der Waals surface area contributed by atoms with Crippen LogP contribution in [0.4, 0.5) is 0 Å². The molecule has 0 unspecified atom stereocenters. The number of carboxylic acid groups (broad SMARTS) is 1. The molecule has 0 aliphatic rings. The molecule has 0 amide bonds. The molecule has 7 heteroatoms. The fourth-order valence-corrected chi connectivity index (χ4v) is 1.74. The van der Waals surface area contributed by atoms with Gasteiger partial charge in [-0.2, -0.15) is 0 Å². The molecule has 6 nitrogen and oxygen atoms in total. The van der Waals surface area contributed by atoms with Crippen molar-refractivity contribution in [1.82, 2.24) is 10.0 Å². The van der Waals surface area contributed by atoms with Gasteiger partial charge in [0.1, 0.15) is 6.04 Å². The Labute approximate surface area is 106 Å². The number of benzene rings is 1. The quantitative estimate of drug-likeness (QED) is 0.596. The van der Waals surface area contributed by atoms with Gasteiger partial charge in [-0.15, -0.1) is 0 Å². The Morgan fingerprint density at radius 2 is 1.94 bits per heavy atom. The maximum absolute atomic E-state index is 11.0. The van der Waals surface area contributed by atoms with Gasteiger partial charge in [-0.1, -0.05) is 30.3 Å². The molecule has 0 saturated heterocycles. The molecule has 0 spiro atoms. The normalized spacial score (nSPS) is 13.2. The van der Waals surface area contributed by atoms with E-state index in [2.05, 4.69) is 10.0 Å². The largest absolute Gasteiger partial charge is 0.480 e. The Kier molecular flexibility index (Phi) is 5.26. The van der Waals surface area contributed by atoms with Crippen molar-refractivity contribution in [2.45, 2.75) is 12.5 Å². The van der Waals surface area contributed by atoms with Crippen LogP contribution in [0.2, 0.25) is 0 Å². The Bertz CT molecular complexity index is 487. The highest BCUT2D eigenvalue weighted by atomic mass is 32.2. The van der Waals surface area contributed by atoms with Gasteiger partial charge >= 0.3 is 5.97 Å². The Balaban J connectivity index is 2.54. The van der Waals surface area contributed by atoms with Crippen LogP contribution in [0.3, 0.4) is 0 Å². The second kappa shape index (κ2) is 6.48. The van der Waals surface area contributed by atoms with E-state index in [9.17, 15) is 13.2 Å². The van der Waals surface area contributed by atoms with Crippen LogP contribution in [0.1, 0.15) is 5.56 Å². The molecular formula is C11H16N2O4S. The molecule has 1 rings (SSSR count). The maximum atomic E-state index is 11.0. The predicted octanol–water partition coefficient (Wildman–Crippen LogP) is -0.221. The average Bonchev–Trinajstić information content (AvgIpc) is 2.27. The molecule has 0 aromatic heterocycles. The van der Waals surface area contributed by atoms with Crippen molar-refractivity contribution >= 4 is 16.0 Å². The van der Waals surface area contributed by atoms with Crippen LogP contribution in [0.15, 0.2) is 30.3 Å². The van der Waals surface area contributed by atoms with Gasteiger partial charge in [0.2, 0.25) is 10.0 Å². The Morgan fingerprint density at radius 1 is 1.33 bits per heavy atom. The zero-order valence-corrected chi connectivity index (χ0v) is 10.8. The molecule has 0 aliphatic heterocycles. The van der Waals surface area contributed by atoms with E-state index in [1.807, 2.05) is 30.3 Å². The molecule has 3 N–H and O–H groups in total. The number of sulfonamides is 1. The summed E-state index contributed by atoms with van der Waals surface area (Å²) in [6, 6.07) is 8.30. The molecule has 0 bridgehead atoms. The van der Waals surface area contributed by atoms with Crippen LogP contribution in [0.25, 0.3) is 0 Å². The third-order valence-electron chi connectivity index (χ3n) is 2.26. The fraction of sp³-hybridized carbons (Fsp3) is 0.364. The zero-order valence-electron chi connectivity index (χ0n) is 9.96. The molecule has 1 atom stereocenters. The molecule has 0 heterocycles. The Hall–Kier alpha value is -1.44. The van der Waals surface area contributed by atoms with Crippen molar-refractivity contribution in [2.75, 3.05) is 12.9 Å². The molecule has 1 aromatic rings. The monoisotopic (exact) mass is 272 g/mol. The van der Waals surface area contributed by atoms with Crippen LogP contribution in [-0.2, 0) is 21.2 Å². The highest BCUT2D eigenvalue weighted by Crippen LogP contribution is 2.03. The molecule has 0 fully saturated rings. The third kappa shape index (κ3) is 5.76. The second-order valence-electron chi connectivity index (χ2n) is 3.88. The maximum Gasteiger partial charge on any atom is 0.321 e. The summed E-state index contributed by atoms with van der Waals surface area (Å²) in [4.78, 5) is 11.0. The highest BCUT2D eigenvalue weighted by molar-refractivity contribution is 7.88. The number of nitrogens with one attached hydrogen (secondary N) is 2. The third-order valence-corrected chi connectivity index (χ3v) is 2.93. The summed E-state index contributed by atoms with van der Waals surface area (Å²) < 4.78 is 23.9. The van der Waals surface area contributed by atoms with Crippen molar-refractivity contribution in [2.24, 2.45) is 0 Å². The lowest BCUT2D eigenvalue weighted by Crippen LogP contribution is -2.44. The number of rotatable bonds is 7. The van der Waals surface area contributed by atoms with Crippen molar-refractivity contribution in [3.63, 3.8) is 0 Å². The number of aliphatic carboxylic acids is 1. The van der Waals surface area contributed by atoms with E-state index >= 15 is 0 Å². The van der Waals surface area contributed by atoms with Crippen LogP contribution < -0.4 is 10.0 Å². The summed E-state index contributed by atoms with van der Waals surface area (Å²) in [5.74, 6) is -1.02. The standard InChI is InChI=1S/C11H16N2O4S/c1-18(16,17)13-8-12-10(11(14)15)7-9-5-3-2-4-6-9/h2-6,10,12-13H,7-8H2,1H3,(H,14,15)/t10-/m0/s1. The van der Waals surface area contributed by atoms with Gasteiger partial charge < -0.3 is 5.11 Å². The smallest absolute Gasteiger partial charge is 0.321 e. The first kappa shape index (κ1) is 14.6. The van der Waals surface area contributed by atoms with Gasteiger partial charge in [0, 0.05) is 0 Å². The molecule has 0 radical (unpaired) electrons. The van der Waals surface area contributed by atoms with Crippen molar-refractivity contribution in [1.29, 1.82) is 0 Å². The van der Waals surface area contributed by atoms with Crippen LogP contribution in [-0.4, -0.2) is 38.5 Å². The molecule has 18 heavy (non-hydrogen) atoms. The van der Waals surface area contributed by atoms with Gasteiger partial charge in [-0.25, -0.2) is 13.1 Å². The van der Waals surface area contributed by atoms with Gasteiger partial charge in [-0.3, -0.25) is 10.1 Å². The first-order valence-electron chi connectivity index (χ1n) is 5.33. The summed E-state index contributed by atoms with van der Waals surface area (Å²) in [6.45, 7) is -0.108. The summed E-state index contributed by atoms with van der Waals surface area (Å²) in [5, 5.41) is 11.7. The highest BCUT2D eigenvalue weighted by Gasteiger charge is 2.17. The molecule has 100 valence electrons. The van der Waals surface area contributed by atoms with E-state index in [-0.39, 0.29) is 6.67 Å². The number of hydrogen-bond donors (Lipinski definition) is 3. The van der Waals surface area contributed by atoms with Crippen molar-refractivity contribution < 1.29 is 18.3 Å². The van der Waals surface area contributed by atoms with E-state index in [0.29, 0.717) is 6.42 Å². The van der Waals surface area contributed by atoms with Crippen LogP contribution in [0.5, 0.6) is 0 Å². The second-order valence-corrected chi connectivity index (χ2v) is 5.71. The van der Waals surface area contributed by atoms with Crippen molar-refractivity contribution in [3.8, 4) is 0 Å². The van der Waals surface area contributed by atoms with E-state index in [4.69, 9.17) is 5.11 Å². The minimum Gasteiger partial charge on any atom is -0.480 e. The van der Waals surface area contributed by atoms with E-state index < -0.39 is 22.0 Å². The minimum absolute atomic E-state index is 0.108. The Morgan fingerprint density at radius 3 is 2.44 bits per heavy atom. The minimum atomic E-state index is -3.32. The summed E-state index contributed by atoms with van der Waals surface area (Å²) in [7, 11) is -3.32. The van der Waals surface area contributed by atoms with Gasteiger partial charge in [0.25, 0.3) is 0 Å². The first-order chi connectivity index (χ1) is 8.38. The predicted molar refractivity (Wildman–Crippen MR) is 67.6 cm³/mol. The number of carboxylic acids is 1. The summed E-state index contributed by atoms with van der Waals surface area (Å²) >= 11 is 0. The number of hydrogen-bond acceptors (Lipinski definition) is 4. The SMILES string of the molecule is CS(=O)(=O)NCN[C@@H](Cc1ccccc1)C(=O)O. The van der Waals surface area contributed by atoms with Crippen LogP contribution in [0, 0.1) is 0 Å². The van der Waals surface area contributed by atoms with Crippen molar-refractivity contribution in [3.05, 3.63) is 35.9 Å². The van der Waals surface area contributed by atoms with E-state index in [0.717, 1.165) is 11.8 Å². The van der Waals surface area contributed by atoms with E-state index in [1.54, 1.807) is 0 Å². The van der Waals surface area contributed by atoms with E-state index in [1.165, 1.54) is 0 Å². The van der Waals surface area contributed by atoms with Gasteiger partial charge in [0.15, 0.2) is 0 Å².